The molecule has 7 nitrogen and oxygen atoms in total. The Morgan fingerprint density at radius 2 is 1.77 bits per heavy atom. The van der Waals surface area contributed by atoms with Crippen molar-refractivity contribution in [3.05, 3.63) is 54.4 Å². The molecular formula is C24H32N6O. The van der Waals surface area contributed by atoms with Crippen molar-refractivity contribution in [1.82, 2.24) is 25.1 Å². The molecule has 2 bridgehead atoms. The topological polar surface area (TPSA) is 64.6 Å². The van der Waals surface area contributed by atoms with Gasteiger partial charge in [0.1, 0.15) is 0 Å². The van der Waals surface area contributed by atoms with E-state index in [0.29, 0.717) is 6.04 Å². The summed E-state index contributed by atoms with van der Waals surface area (Å²) in [4.78, 5) is 28.7. The second-order valence-corrected chi connectivity index (χ2v) is 9.11. The normalized spacial score (nSPS) is 28.5. The van der Waals surface area contributed by atoms with E-state index in [9.17, 15) is 4.79 Å². The molecule has 0 radical (unpaired) electrons. The standard InChI is InChI=1S/C24H32N6O/c31-23(19-5-2-1-3-6-19)27-16-22-15-20-7-10-30(22)18-21(20)17-28-11-13-29(14-12-28)24-25-8-4-9-26-24/h1-6,8-9,20-22H,7,10-18H2,(H,27,31)/t20-,21+,22+/m1/s1. The second-order valence-electron chi connectivity index (χ2n) is 9.11. The van der Waals surface area contributed by atoms with Crippen molar-refractivity contribution in [3.8, 4) is 0 Å². The molecule has 0 spiro atoms. The van der Waals surface area contributed by atoms with Gasteiger partial charge in [-0.2, -0.15) is 0 Å². The highest BCUT2D eigenvalue weighted by atomic mass is 16.1. The van der Waals surface area contributed by atoms with Gasteiger partial charge in [0.2, 0.25) is 5.95 Å². The number of nitrogens with zero attached hydrogens (tertiary/aromatic N) is 5. The highest BCUT2D eigenvalue weighted by Crippen LogP contribution is 2.36. The van der Waals surface area contributed by atoms with Crippen molar-refractivity contribution in [2.75, 3.05) is 57.3 Å². The summed E-state index contributed by atoms with van der Waals surface area (Å²) in [7, 11) is 0. The molecule has 5 heterocycles. The first-order valence-electron chi connectivity index (χ1n) is 11.6. The Morgan fingerprint density at radius 1 is 1.00 bits per heavy atom. The maximum atomic E-state index is 12.4. The highest BCUT2D eigenvalue weighted by molar-refractivity contribution is 5.94. The summed E-state index contributed by atoms with van der Waals surface area (Å²) in [6.07, 6.45) is 6.14. The van der Waals surface area contributed by atoms with Gasteiger partial charge < -0.3 is 10.2 Å². The Bertz CT molecular complexity index is 855. The van der Waals surface area contributed by atoms with Crippen LogP contribution in [0.25, 0.3) is 0 Å². The summed E-state index contributed by atoms with van der Waals surface area (Å²) < 4.78 is 0. The van der Waals surface area contributed by atoms with E-state index in [1.54, 1.807) is 0 Å². The molecule has 164 valence electrons. The zero-order valence-electron chi connectivity index (χ0n) is 18.1. The quantitative estimate of drug-likeness (QED) is 0.768. The fourth-order valence-corrected chi connectivity index (χ4v) is 5.49. The third-order valence-corrected chi connectivity index (χ3v) is 7.25. The Hall–Kier alpha value is -2.51. The van der Waals surface area contributed by atoms with Crippen molar-refractivity contribution in [3.63, 3.8) is 0 Å². The van der Waals surface area contributed by atoms with Crippen LogP contribution in [0.3, 0.4) is 0 Å². The number of piperidine rings is 3. The number of hydrogen-bond acceptors (Lipinski definition) is 6. The molecule has 4 saturated heterocycles. The van der Waals surface area contributed by atoms with E-state index in [1.165, 1.54) is 32.5 Å². The van der Waals surface area contributed by atoms with Crippen LogP contribution in [0.2, 0.25) is 0 Å². The van der Waals surface area contributed by atoms with Crippen molar-refractivity contribution in [2.45, 2.75) is 18.9 Å². The van der Waals surface area contributed by atoms with E-state index in [1.807, 2.05) is 48.8 Å². The molecule has 0 saturated carbocycles. The van der Waals surface area contributed by atoms with E-state index < -0.39 is 0 Å². The van der Waals surface area contributed by atoms with E-state index in [0.717, 1.165) is 56.1 Å². The molecule has 7 heteroatoms. The monoisotopic (exact) mass is 420 g/mol. The van der Waals surface area contributed by atoms with Gasteiger partial charge in [0.15, 0.2) is 0 Å². The first-order chi connectivity index (χ1) is 15.3. The third-order valence-electron chi connectivity index (χ3n) is 7.25. The lowest BCUT2D eigenvalue weighted by molar-refractivity contribution is -0.0120. The van der Waals surface area contributed by atoms with Gasteiger partial charge in [0.05, 0.1) is 0 Å². The maximum absolute atomic E-state index is 12.4. The molecule has 1 aromatic heterocycles. The van der Waals surface area contributed by atoms with Gasteiger partial charge in [-0.3, -0.25) is 14.6 Å². The predicted octanol–water partition coefficient (Wildman–Crippen LogP) is 1.74. The van der Waals surface area contributed by atoms with Crippen LogP contribution >= 0.6 is 0 Å². The van der Waals surface area contributed by atoms with Crippen LogP contribution in [0, 0.1) is 11.8 Å². The average molecular weight is 421 g/mol. The summed E-state index contributed by atoms with van der Waals surface area (Å²) >= 11 is 0. The summed E-state index contributed by atoms with van der Waals surface area (Å²) in [5, 5.41) is 3.16. The number of carbonyl (C=O) groups is 1. The van der Waals surface area contributed by atoms with Crippen molar-refractivity contribution >= 4 is 11.9 Å². The van der Waals surface area contributed by atoms with Gasteiger partial charge in [-0.05, 0) is 49.4 Å². The lowest BCUT2D eigenvalue weighted by atomic mass is 9.75. The van der Waals surface area contributed by atoms with Crippen LogP contribution in [0.4, 0.5) is 5.95 Å². The lowest BCUT2D eigenvalue weighted by Crippen LogP contribution is -2.59. The largest absolute Gasteiger partial charge is 0.350 e. The van der Waals surface area contributed by atoms with E-state index >= 15 is 0 Å². The molecule has 1 N–H and O–H groups in total. The first-order valence-corrected chi connectivity index (χ1v) is 11.6. The number of anilines is 1. The molecule has 31 heavy (non-hydrogen) atoms. The molecule has 1 unspecified atom stereocenters. The van der Waals surface area contributed by atoms with Gasteiger partial charge in [-0.15, -0.1) is 0 Å². The minimum absolute atomic E-state index is 0.0417. The van der Waals surface area contributed by atoms with Crippen LogP contribution < -0.4 is 10.2 Å². The van der Waals surface area contributed by atoms with Crippen LogP contribution in [-0.2, 0) is 0 Å². The molecular weight excluding hydrogens is 388 g/mol. The number of benzene rings is 1. The molecule has 4 aliphatic rings. The van der Waals surface area contributed by atoms with Crippen molar-refractivity contribution < 1.29 is 4.79 Å². The molecule has 4 aliphatic heterocycles. The molecule has 1 amide bonds. The summed E-state index contributed by atoms with van der Waals surface area (Å²) in [6, 6.07) is 11.9. The molecule has 6 rings (SSSR count). The van der Waals surface area contributed by atoms with Crippen molar-refractivity contribution in [2.24, 2.45) is 11.8 Å². The van der Waals surface area contributed by atoms with E-state index in [4.69, 9.17) is 0 Å². The smallest absolute Gasteiger partial charge is 0.251 e. The maximum Gasteiger partial charge on any atom is 0.251 e. The zero-order valence-corrected chi connectivity index (χ0v) is 18.1. The van der Waals surface area contributed by atoms with E-state index in [-0.39, 0.29) is 5.91 Å². The van der Waals surface area contributed by atoms with Gasteiger partial charge >= 0.3 is 0 Å². The first kappa shape index (κ1) is 20.4. The number of piperazine rings is 1. The Kier molecular flexibility index (Phi) is 6.13. The molecule has 2 aromatic rings. The fourth-order valence-electron chi connectivity index (χ4n) is 5.49. The second kappa shape index (κ2) is 9.32. The SMILES string of the molecule is O=C(NC[C@@H]1C[C@H]2CCN1C[C@@H]2CN1CCN(c2ncccn2)CC1)c1ccccc1. The number of hydrogen-bond donors (Lipinski definition) is 1. The fraction of sp³-hybridized carbons (Fsp3) is 0.542. The zero-order chi connectivity index (χ0) is 21.0. The Balaban J connectivity index is 1.09. The van der Waals surface area contributed by atoms with Crippen LogP contribution in [-0.4, -0.2) is 84.1 Å². The number of fused-ring (bicyclic) bond motifs is 3. The Labute approximate surface area is 184 Å². The van der Waals surface area contributed by atoms with Crippen LogP contribution in [0.5, 0.6) is 0 Å². The van der Waals surface area contributed by atoms with Gasteiger partial charge in [-0.1, -0.05) is 18.2 Å². The number of aromatic nitrogens is 2. The average Bonchev–Trinajstić information content (AvgIpc) is 2.85. The number of carbonyl (C=O) groups excluding carboxylic acids is 1. The lowest BCUT2D eigenvalue weighted by Gasteiger charge is -2.51. The van der Waals surface area contributed by atoms with Crippen LogP contribution in [0.15, 0.2) is 48.8 Å². The highest BCUT2D eigenvalue weighted by Gasteiger charge is 2.40. The predicted molar refractivity (Wildman–Crippen MR) is 121 cm³/mol. The van der Waals surface area contributed by atoms with Gasteiger partial charge in [0, 0.05) is 69.8 Å². The number of amides is 1. The molecule has 4 atom stereocenters. The minimum atomic E-state index is 0.0417. The van der Waals surface area contributed by atoms with Gasteiger partial charge in [0.25, 0.3) is 5.91 Å². The number of nitrogens with one attached hydrogen (secondary N) is 1. The minimum Gasteiger partial charge on any atom is -0.350 e. The van der Waals surface area contributed by atoms with Gasteiger partial charge in [-0.25, -0.2) is 9.97 Å². The van der Waals surface area contributed by atoms with Crippen molar-refractivity contribution in [1.29, 1.82) is 0 Å². The summed E-state index contributed by atoms with van der Waals surface area (Å²) in [5.74, 6) is 2.42. The summed E-state index contributed by atoms with van der Waals surface area (Å²) in [5.41, 5.74) is 0.747. The third kappa shape index (κ3) is 4.72. The van der Waals surface area contributed by atoms with E-state index in [2.05, 4.69) is 30.0 Å². The molecule has 1 aromatic carbocycles. The molecule has 4 fully saturated rings. The van der Waals surface area contributed by atoms with Crippen LogP contribution in [0.1, 0.15) is 23.2 Å². The molecule has 0 aliphatic carbocycles. The Morgan fingerprint density at radius 3 is 2.48 bits per heavy atom. The summed E-state index contributed by atoms with van der Waals surface area (Å²) in [6.45, 7) is 8.44. The number of rotatable bonds is 6.